The molecule has 1 atom stereocenters. The van der Waals surface area contributed by atoms with E-state index in [1.807, 2.05) is 42.5 Å². The van der Waals surface area contributed by atoms with Crippen molar-refractivity contribution in [2.24, 2.45) is 0 Å². The van der Waals surface area contributed by atoms with Gasteiger partial charge in [0.1, 0.15) is 11.9 Å². The quantitative estimate of drug-likeness (QED) is 0.758. The average molecular weight is 432 g/mol. The van der Waals surface area contributed by atoms with E-state index in [2.05, 4.69) is 10.6 Å². The molecule has 0 aromatic heterocycles. The van der Waals surface area contributed by atoms with Crippen molar-refractivity contribution in [1.29, 1.82) is 0 Å². The van der Waals surface area contributed by atoms with Crippen molar-refractivity contribution in [1.82, 2.24) is 5.32 Å². The summed E-state index contributed by atoms with van der Waals surface area (Å²) in [6.45, 7) is 2.43. The minimum Gasteiger partial charge on any atom is -0.497 e. The van der Waals surface area contributed by atoms with Gasteiger partial charge in [-0.3, -0.25) is 9.59 Å². The number of carbonyl (C=O) groups is 2. The third-order valence-corrected chi connectivity index (χ3v) is 5.26. The summed E-state index contributed by atoms with van der Waals surface area (Å²) in [6, 6.07) is 13.3. The molecule has 0 radical (unpaired) electrons. The van der Waals surface area contributed by atoms with Crippen LogP contribution >= 0.6 is 12.4 Å². The van der Waals surface area contributed by atoms with Gasteiger partial charge in [-0.15, -0.1) is 12.4 Å². The number of morpholine rings is 1. The Bertz CT molecular complexity index is 915. The summed E-state index contributed by atoms with van der Waals surface area (Å²) in [5, 5.41) is 6.06. The second-order valence-corrected chi connectivity index (χ2v) is 7.22. The van der Waals surface area contributed by atoms with E-state index in [1.165, 1.54) is 0 Å². The standard InChI is InChI=1S/C22H25N3O4.ClH/c1-28-18-4-2-3-15(11-18)12-21(26)25-9-7-16-5-6-17(13-19(16)25)24-22(27)20-14-23-8-10-29-20;/h2-6,11,13,20,23H,7-10,12,14H2,1H3,(H,24,27);1H. The second-order valence-electron chi connectivity index (χ2n) is 7.22. The van der Waals surface area contributed by atoms with Crippen molar-refractivity contribution in [3.8, 4) is 5.75 Å². The molecule has 1 saturated heterocycles. The molecular formula is C22H26ClN3O4. The summed E-state index contributed by atoms with van der Waals surface area (Å²) < 4.78 is 10.7. The molecular weight excluding hydrogens is 406 g/mol. The Morgan fingerprint density at radius 3 is 2.90 bits per heavy atom. The van der Waals surface area contributed by atoms with Crippen molar-refractivity contribution in [3.63, 3.8) is 0 Å². The lowest BCUT2D eigenvalue weighted by molar-refractivity contribution is -0.128. The number of hydrogen-bond acceptors (Lipinski definition) is 5. The van der Waals surface area contributed by atoms with Gasteiger partial charge in [0.05, 0.1) is 20.1 Å². The number of methoxy groups -OCH3 is 1. The number of carbonyl (C=O) groups excluding carboxylic acids is 2. The van der Waals surface area contributed by atoms with E-state index in [0.29, 0.717) is 31.8 Å². The number of ether oxygens (including phenoxy) is 2. The molecule has 8 heteroatoms. The van der Waals surface area contributed by atoms with E-state index in [4.69, 9.17) is 9.47 Å². The van der Waals surface area contributed by atoms with Gasteiger partial charge in [-0.25, -0.2) is 0 Å². The number of fused-ring (bicyclic) bond motifs is 1. The Kier molecular flexibility index (Phi) is 7.31. The normalized spacial score (nSPS) is 17.6. The summed E-state index contributed by atoms with van der Waals surface area (Å²) >= 11 is 0. The van der Waals surface area contributed by atoms with Crippen LogP contribution in [0.3, 0.4) is 0 Å². The molecule has 2 aromatic rings. The third kappa shape index (κ3) is 4.92. The lowest BCUT2D eigenvalue weighted by Gasteiger charge is -2.23. The first kappa shape index (κ1) is 22.1. The molecule has 2 aliphatic heterocycles. The fraction of sp³-hybridized carbons (Fsp3) is 0.364. The van der Waals surface area contributed by atoms with Gasteiger partial charge in [0, 0.05) is 31.0 Å². The number of anilines is 2. The summed E-state index contributed by atoms with van der Waals surface area (Å²) in [5.74, 6) is 0.589. The SMILES string of the molecule is COc1cccc(CC(=O)N2CCc3ccc(NC(=O)C4CNCCO4)cc32)c1.Cl. The first-order valence-corrected chi connectivity index (χ1v) is 9.83. The molecule has 4 rings (SSSR count). The van der Waals surface area contributed by atoms with E-state index < -0.39 is 6.10 Å². The van der Waals surface area contributed by atoms with E-state index in [9.17, 15) is 9.59 Å². The number of nitrogens with zero attached hydrogens (tertiary/aromatic N) is 1. The number of amides is 2. The highest BCUT2D eigenvalue weighted by Crippen LogP contribution is 2.31. The summed E-state index contributed by atoms with van der Waals surface area (Å²) in [5.41, 5.74) is 3.55. The molecule has 0 aliphatic carbocycles. The highest BCUT2D eigenvalue weighted by Gasteiger charge is 2.26. The van der Waals surface area contributed by atoms with Crippen LogP contribution in [0.4, 0.5) is 11.4 Å². The van der Waals surface area contributed by atoms with Gasteiger partial charge in [0.25, 0.3) is 5.91 Å². The van der Waals surface area contributed by atoms with E-state index in [0.717, 1.165) is 35.5 Å². The van der Waals surface area contributed by atoms with Gasteiger partial charge in [-0.1, -0.05) is 18.2 Å². The molecule has 0 saturated carbocycles. The van der Waals surface area contributed by atoms with Crippen LogP contribution < -0.4 is 20.3 Å². The smallest absolute Gasteiger partial charge is 0.254 e. The third-order valence-electron chi connectivity index (χ3n) is 5.26. The van der Waals surface area contributed by atoms with Crippen molar-refractivity contribution in [2.45, 2.75) is 18.9 Å². The summed E-state index contributed by atoms with van der Waals surface area (Å²) in [6.07, 6.45) is 0.612. The lowest BCUT2D eigenvalue weighted by atomic mass is 10.1. The molecule has 0 bridgehead atoms. The molecule has 2 heterocycles. The Morgan fingerprint density at radius 2 is 2.13 bits per heavy atom. The van der Waals surface area contributed by atoms with Gasteiger partial charge in [-0.2, -0.15) is 0 Å². The number of benzene rings is 2. The molecule has 7 nitrogen and oxygen atoms in total. The molecule has 1 fully saturated rings. The largest absolute Gasteiger partial charge is 0.497 e. The number of hydrogen-bond donors (Lipinski definition) is 2. The fourth-order valence-electron chi connectivity index (χ4n) is 3.73. The van der Waals surface area contributed by atoms with Crippen molar-refractivity contribution < 1.29 is 19.1 Å². The highest BCUT2D eigenvalue weighted by molar-refractivity contribution is 5.99. The molecule has 2 aromatic carbocycles. The van der Waals surface area contributed by atoms with E-state index in [-0.39, 0.29) is 24.2 Å². The minimum absolute atomic E-state index is 0. The zero-order chi connectivity index (χ0) is 20.2. The van der Waals surface area contributed by atoms with Crippen LogP contribution in [0, 0.1) is 0 Å². The predicted molar refractivity (Wildman–Crippen MR) is 118 cm³/mol. The zero-order valence-corrected chi connectivity index (χ0v) is 17.7. The Labute approximate surface area is 182 Å². The Balaban J connectivity index is 0.00000256. The first-order chi connectivity index (χ1) is 14.1. The topological polar surface area (TPSA) is 79.9 Å². The van der Waals surface area contributed by atoms with Crippen molar-refractivity contribution in [3.05, 3.63) is 53.6 Å². The summed E-state index contributed by atoms with van der Waals surface area (Å²) in [7, 11) is 1.61. The van der Waals surface area contributed by atoms with Crippen LogP contribution in [0.25, 0.3) is 0 Å². The first-order valence-electron chi connectivity index (χ1n) is 9.83. The number of nitrogens with one attached hydrogen (secondary N) is 2. The number of halogens is 1. The average Bonchev–Trinajstić information content (AvgIpc) is 3.18. The highest BCUT2D eigenvalue weighted by atomic mass is 35.5. The molecule has 2 amide bonds. The fourth-order valence-corrected chi connectivity index (χ4v) is 3.73. The molecule has 2 aliphatic rings. The summed E-state index contributed by atoms with van der Waals surface area (Å²) in [4.78, 5) is 27.1. The molecule has 0 spiro atoms. The number of rotatable bonds is 5. The van der Waals surface area contributed by atoms with E-state index in [1.54, 1.807) is 12.0 Å². The monoisotopic (exact) mass is 431 g/mol. The maximum absolute atomic E-state index is 12.9. The van der Waals surface area contributed by atoms with Crippen LogP contribution in [0.5, 0.6) is 5.75 Å². The van der Waals surface area contributed by atoms with Crippen LogP contribution in [-0.4, -0.2) is 51.3 Å². The molecule has 30 heavy (non-hydrogen) atoms. The van der Waals surface area contributed by atoms with Gasteiger partial charge < -0.3 is 25.0 Å². The van der Waals surface area contributed by atoms with Crippen molar-refractivity contribution >= 4 is 35.6 Å². The van der Waals surface area contributed by atoms with Gasteiger partial charge in [-0.05, 0) is 41.8 Å². The van der Waals surface area contributed by atoms with E-state index >= 15 is 0 Å². The lowest BCUT2D eigenvalue weighted by Crippen LogP contribution is -2.45. The maximum Gasteiger partial charge on any atom is 0.254 e. The Hall–Kier alpha value is -2.61. The predicted octanol–water partition coefficient (Wildman–Crippen LogP) is 2.18. The van der Waals surface area contributed by atoms with Crippen molar-refractivity contribution in [2.75, 3.05) is 43.6 Å². The van der Waals surface area contributed by atoms with Crippen LogP contribution in [0.15, 0.2) is 42.5 Å². The Morgan fingerprint density at radius 1 is 1.27 bits per heavy atom. The maximum atomic E-state index is 12.9. The molecule has 160 valence electrons. The van der Waals surface area contributed by atoms with Gasteiger partial charge in [0.2, 0.25) is 5.91 Å². The molecule has 1 unspecified atom stereocenters. The van der Waals surface area contributed by atoms with Crippen LogP contribution in [-0.2, 0) is 27.2 Å². The van der Waals surface area contributed by atoms with Crippen LogP contribution in [0.1, 0.15) is 11.1 Å². The molecule has 2 N–H and O–H groups in total. The van der Waals surface area contributed by atoms with Gasteiger partial charge >= 0.3 is 0 Å². The van der Waals surface area contributed by atoms with Gasteiger partial charge in [0.15, 0.2) is 0 Å². The second kappa shape index (κ2) is 9.93. The van der Waals surface area contributed by atoms with Crippen LogP contribution in [0.2, 0.25) is 0 Å². The zero-order valence-electron chi connectivity index (χ0n) is 16.8. The minimum atomic E-state index is -0.497.